The van der Waals surface area contributed by atoms with Crippen LogP contribution in [0.15, 0.2) is 70.0 Å². The number of piperidine rings is 2. The first kappa shape index (κ1) is 25.4. The molecule has 4 aromatic rings. The molecule has 0 spiro atoms. The zero-order valence-corrected chi connectivity index (χ0v) is 22.1. The molecule has 4 heterocycles. The third-order valence-electron chi connectivity index (χ3n) is 8.21. The van der Waals surface area contributed by atoms with Crippen LogP contribution in [0.3, 0.4) is 0 Å². The molecule has 2 aromatic heterocycles. The van der Waals surface area contributed by atoms with Crippen LogP contribution in [0.1, 0.15) is 43.2 Å². The second-order valence-electron chi connectivity index (χ2n) is 10.7. The van der Waals surface area contributed by atoms with E-state index < -0.39 is 0 Å². The molecule has 204 valence electrons. The Morgan fingerprint density at radius 1 is 1.03 bits per heavy atom. The predicted molar refractivity (Wildman–Crippen MR) is 147 cm³/mol. The van der Waals surface area contributed by atoms with E-state index in [1.165, 1.54) is 0 Å². The standard InChI is InChI=1S/C30H35N5O4/c36-29(34-14-11-24(12-15-34)35-28-9-5-4-8-27(28)32-30(35)37)17-21-10-13-31-19-22(21)16-23-18-26(39-33-23)20-38-25-6-2-1-3-7-25/h1-9,18,21-22,24,31H,10-17,19-20H2,(H,32,37). The summed E-state index contributed by atoms with van der Waals surface area (Å²) in [5, 5.41) is 7.77. The Morgan fingerprint density at radius 3 is 2.67 bits per heavy atom. The largest absolute Gasteiger partial charge is 0.486 e. The molecule has 2 N–H and O–H groups in total. The first-order valence-electron chi connectivity index (χ1n) is 13.9. The van der Waals surface area contributed by atoms with Crippen LogP contribution in [0.5, 0.6) is 5.75 Å². The zero-order valence-electron chi connectivity index (χ0n) is 22.1. The molecule has 2 aliphatic rings. The van der Waals surface area contributed by atoms with Gasteiger partial charge in [0.15, 0.2) is 5.76 Å². The van der Waals surface area contributed by atoms with Gasteiger partial charge in [0, 0.05) is 31.6 Å². The lowest BCUT2D eigenvalue weighted by Gasteiger charge is -2.36. The van der Waals surface area contributed by atoms with Gasteiger partial charge in [0.05, 0.1) is 16.7 Å². The van der Waals surface area contributed by atoms with E-state index in [-0.39, 0.29) is 17.6 Å². The van der Waals surface area contributed by atoms with Gasteiger partial charge in [-0.1, -0.05) is 35.5 Å². The number of carbonyl (C=O) groups excluding carboxylic acids is 1. The van der Waals surface area contributed by atoms with Crippen molar-refractivity contribution >= 4 is 16.9 Å². The maximum atomic E-state index is 13.3. The Kier molecular flexibility index (Phi) is 7.49. The van der Waals surface area contributed by atoms with Crippen molar-refractivity contribution in [3.05, 3.63) is 82.6 Å². The Hall–Kier alpha value is -3.85. The normalized spacial score (nSPS) is 20.4. The summed E-state index contributed by atoms with van der Waals surface area (Å²) in [6.45, 7) is 3.49. The van der Waals surface area contributed by atoms with E-state index in [1.807, 2.05) is 70.1 Å². The summed E-state index contributed by atoms with van der Waals surface area (Å²) in [6.07, 6.45) is 3.86. The van der Waals surface area contributed by atoms with E-state index in [1.54, 1.807) is 0 Å². The molecule has 2 atom stereocenters. The molecule has 2 aromatic carbocycles. The summed E-state index contributed by atoms with van der Waals surface area (Å²) < 4.78 is 13.2. The molecular formula is C30H35N5O4. The lowest BCUT2D eigenvalue weighted by atomic mass is 9.81. The number of carbonyl (C=O) groups is 1. The van der Waals surface area contributed by atoms with Crippen LogP contribution in [0.2, 0.25) is 0 Å². The van der Waals surface area contributed by atoms with Crippen LogP contribution < -0.4 is 15.7 Å². The number of hydrogen-bond acceptors (Lipinski definition) is 6. The number of nitrogens with zero attached hydrogens (tertiary/aromatic N) is 3. The smallest absolute Gasteiger partial charge is 0.326 e. The Bertz CT molecular complexity index is 1450. The minimum atomic E-state index is -0.0684. The number of nitrogens with one attached hydrogen (secondary N) is 2. The summed E-state index contributed by atoms with van der Waals surface area (Å²) in [5.74, 6) is 2.32. The van der Waals surface area contributed by atoms with Gasteiger partial charge in [0.25, 0.3) is 0 Å². The maximum Gasteiger partial charge on any atom is 0.326 e. The number of likely N-dealkylation sites (tertiary alicyclic amines) is 1. The molecule has 2 saturated heterocycles. The van der Waals surface area contributed by atoms with E-state index in [0.717, 1.165) is 61.2 Å². The number of benzene rings is 2. The summed E-state index contributed by atoms with van der Waals surface area (Å²) in [5.41, 5.74) is 2.63. The second-order valence-corrected chi connectivity index (χ2v) is 10.7. The number of hydrogen-bond donors (Lipinski definition) is 2. The topological polar surface area (TPSA) is 105 Å². The summed E-state index contributed by atoms with van der Waals surface area (Å²) in [7, 11) is 0. The van der Waals surface area contributed by atoms with Crippen LogP contribution in [0.25, 0.3) is 11.0 Å². The van der Waals surface area contributed by atoms with Crippen molar-refractivity contribution in [2.75, 3.05) is 26.2 Å². The minimum absolute atomic E-state index is 0.0684. The average Bonchev–Trinajstić information content (AvgIpc) is 3.56. The first-order valence-corrected chi connectivity index (χ1v) is 13.9. The molecule has 0 saturated carbocycles. The fourth-order valence-electron chi connectivity index (χ4n) is 6.11. The Balaban J connectivity index is 1.03. The van der Waals surface area contributed by atoms with Crippen molar-refractivity contribution < 1.29 is 14.1 Å². The van der Waals surface area contributed by atoms with Crippen molar-refractivity contribution in [3.8, 4) is 5.75 Å². The number of aromatic nitrogens is 3. The molecule has 2 fully saturated rings. The highest BCUT2D eigenvalue weighted by Gasteiger charge is 2.32. The number of aromatic amines is 1. The van der Waals surface area contributed by atoms with E-state index in [2.05, 4.69) is 15.5 Å². The molecule has 2 aliphatic heterocycles. The van der Waals surface area contributed by atoms with E-state index in [9.17, 15) is 9.59 Å². The van der Waals surface area contributed by atoms with Crippen LogP contribution in [-0.4, -0.2) is 51.7 Å². The number of imidazole rings is 1. The summed E-state index contributed by atoms with van der Waals surface area (Å²) in [4.78, 5) is 30.9. The molecule has 39 heavy (non-hydrogen) atoms. The molecule has 1 amide bonds. The second kappa shape index (κ2) is 11.5. The molecule has 0 bridgehead atoms. The number of ether oxygens (including phenoxy) is 1. The number of rotatable bonds is 8. The molecule has 9 nitrogen and oxygen atoms in total. The highest BCUT2D eigenvalue weighted by molar-refractivity contribution is 5.77. The minimum Gasteiger partial charge on any atom is -0.486 e. The number of para-hydroxylation sites is 3. The quantitative estimate of drug-likeness (QED) is 0.359. The lowest BCUT2D eigenvalue weighted by Crippen LogP contribution is -2.44. The van der Waals surface area contributed by atoms with Gasteiger partial charge >= 0.3 is 5.69 Å². The first-order chi connectivity index (χ1) is 19.1. The van der Waals surface area contributed by atoms with Crippen molar-refractivity contribution in [1.82, 2.24) is 24.9 Å². The number of amides is 1. The van der Waals surface area contributed by atoms with Gasteiger partial charge in [-0.2, -0.15) is 0 Å². The number of fused-ring (bicyclic) bond motifs is 1. The maximum absolute atomic E-state index is 13.3. The van der Waals surface area contributed by atoms with Crippen LogP contribution in [0.4, 0.5) is 0 Å². The fraction of sp³-hybridized carbons (Fsp3) is 0.433. The van der Waals surface area contributed by atoms with E-state index in [4.69, 9.17) is 9.26 Å². The van der Waals surface area contributed by atoms with Gasteiger partial charge < -0.3 is 24.5 Å². The highest BCUT2D eigenvalue weighted by atomic mass is 16.5. The van der Waals surface area contributed by atoms with Gasteiger partial charge in [-0.05, 0) is 74.9 Å². The van der Waals surface area contributed by atoms with Crippen molar-refractivity contribution in [2.45, 2.75) is 44.8 Å². The monoisotopic (exact) mass is 529 g/mol. The highest BCUT2D eigenvalue weighted by Crippen LogP contribution is 2.29. The predicted octanol–water partition coefficient (Wildman–Crippen LogP) is 3.92. The van der Waals surface area contributed by atoms with E-state index in [0.29, 0.717) is 43.7 Å². The molecule has 0 radical (unpaired) electrons. The lowest BCUT2D eigenvalue weighted by molar-refractivity contribution is -0.134. The third kappa shape index (κ3) is 5.78. The molecule has 6 rings (SSSR count). The molecular weight excluding hydrogens is 494 g/mol. The Morgan fingerprint density at radius 2 is 1.82 bits per heavy atom. The third-order valence-corrected chi connectivity index (χ3v) is 8.21. The average molecular weight is 530 g/mol. The fourth-order valence-corrected chi connectivity index (χ4v) is 6.11. The zero-order chi connectivity index (χ0) is 26.6. The van der Waals surface area contributed by atoms with Crippen LogP contribution >= 0.6 is 0 Å². The van der Waals surface area contributed by atoms with Crippen LogP contribution in [-0.2, 0) is 17.8 Å². The van der Waals surface area contributed by atoms with Crippen molar-refractivity contribution in [1.29, 1.82) is 0 Å². The molecule has 0 aliphatic carbocycles. The van der Waals surface area contributed by atoms with E-state index >= 15 is 0 Å². The molecule has 9 heteroatoms. The van der Waals surface area contributed by atoms with Gasteiger partial charge in [0.1, 0.15) is 12.4 Å². The van der Waals surface area contributed by atoms with Gasteiger partial charge in [-0.3, -0.25) is 9.36 Å². The van der Waals surface area contributed by atoms with Gasteiger partial charge in [0.2, 0.25) is 5.91 Å². The number of H-pyrrole nitrogens is 1. The van der Waals surface area contributed by atoms with Crippen LogP contribution in [0, 0.1) is 11.8 Å². The SMILES string of the molecule is O=C(CC1CCNCC1Cc1cc(COc2ccccc2)on1)N1CCC(n2c(=O)[nH]c3ccccc32)CC1. The Labute approximate surface area is 227 Å². The summed E-state index contributed by atoms with van der Waals surface area (Å²) in [6, 6.07) is 19.5. The summed E-state index contributed by atoms with van der Waals surface area (Å²) >= 11 is 0. The van der Waals surface area contributed by atoms with Gasteiger partial charge in [-0.25, -0.2) is 4.79 Å². The van der Waals surface area contributed by atoms with Gasteiger partial charge in [-0.15, -0.1) is 0 Å². The van der Waals surface area contributed by atoms with Crippen molar-refractivity contribution in [2.24, 2.45) is 11.8 Å². The van der Waals surface area contributed by atoms with Crippen molar-refractivity contribution in [3.63, 3.8) is 0 Å². The molecule has 2 unspecified atom stereocenters.